The number of aliphatic hydroxyl groups is 9. The van der Waals surface area contributed by atoms with E-state index in [0.29, 0.717) is 0 Å². The van der Waals surface area contributed by atoms with Gasteiger partial charge in [0.2, 0.25) is 0 Å². The van der Waals surface area contributed by atoms with Gasteiger partial charge in [-0.05, 0) is 6.92 Å². The van der Waals surface area contributed by atoms with Crippen LogP contribution in [0.1, 0.15) is 6.92 Å². The lowest BCUT2D eigenvalue weighted by atomic mass is 9.97. The van der Waals surface area contributed by atoms with Gasteiger partial charge in [0.05, 0.1) is 12.7 Å². The van der Waals surface area contributed by atoms with Crippen LogP contribution in [0.3, 0.4) is 0 Å². The molecule has 0 saturated carbocycles. The Morgan fingerprint density at radius 3 is 1.91 bits per heavy atom. The molecule has 0 radical (unpaired) electrons. The number of rotatable bonds is 6. The summed E-state index contributed by atoms with van der Waals surface area (Å²) in [5.41, 5.74) is 0. The van der Waals surface area contributed by atoms with Gasteiger partial charge >= 0.3 is 5.97 Å². The zero-order valence-corrected chi connectivity index (χ0v) is 17.8. The fourth-order valence-electron chi connectivity index (χ4n) is 3.91. The van der Waals surface area contributed by atoms with Crippen LogP contribution in [0.25, 0.3) is 0 Å². The summed E-state index contributed by atoms with van der Waals surface area (Å²) in [7, 11) is 0. The zero-order valence-electron chi connectivity index (χ0n) is 17.8. The summed E-state index contributed by atoms with van der Waals surface area (Å²) < 4.78 is 26.1. The normalized spacial score (nSPS) is 52.4. The molecule has 15 unspecified atom stereocenters. The molecule has 3 rings (SSSR count). The largest absolute Gasteiger partial charge is 0.479 e. The second-order valence-electron chi connectivity index (χ2n) is 8.40. The summed E-state index contributed by atoms with van der Waals surface area (Å²) in [6.45, 7) is 0.838. The van der Waals surface area contributed by atoms with Crippen LogP contribution in [0.2, 0.25) is 0 Å². The molecule has 0 spiro atoms. The van der Waals surface area contributed by atoms with Gasteiger partial charge in [-0.15, -0.1) is 0 Å². The molecule has 0 bridgehead atoms. The Kier molecular flexibility index (Phi) is 8.81. The maximum Gasteiger partial charge on any atom is 0.335 e. The lowest BCUT2D eigenvalue weighted by molar-refractivity contribution is -0.356. The highest BCUT2D eigenvalue weighted by atomic mass is 16.7. The minimum absolute atomic E-state index is 0.538. The standard InChI is InChI=1S/C18H30O16/c1-3-13(33-18-11(25)7(21)8(22)14(34-18)15(27)28)9(23)12(26)17(31-3)30-2-4-5(19)6(20)10(24)16(29)32-4/h3-14,16-26,29H,2H2,1H3,(H,27,28). The van der Waals surface area contributed by atoms with Crippen molar-refractivity contribution in [2.24, 2.45) is 0 Å². The minimum atomic E-state index is -1.95. The molecular weight excluding hydrogens is 472 g/mol. The van der Waals surface area contributed by atoms with E-state index in [1.165, 1.54) is 6.92 Å². The van der Waals surface area contributed by atoms with Crippen LogP contribution >= 0.6 is 0 Å². The van der Waals surface area contributed by atoms with Crippen molar-refractivity contribution in [2.75, 3.05) is 6.61 Å². The minimum Gasteiger partial charge on any atom is -0.479 e. The molecule has 0 aromatic carbocycles. The molecule has 3 saturated heterocycles. The summed E-state index contributed by atoms with van der Waals surface area (Å²) in [6, 6.07) is 0. The van der Waals surface area contributed by atoms with Crippen molar-refractivity contribution in [3.63, 3.8) is 0 Å². The Bertz CT molecular complexity index is 695. The smallest absolute Gasteiger partial charge is 0.335 e. The molecule has 3 heterocycles. The monoisotopic (exact) mass is 502 g/mol. The molecule has 10 N–H and O–H groups in total. The number of ether oxygens (including phenoxy) is 5. The summed E-state index contributed by atoms with van der Waals surface area (Å²) >= 11 is 0. The van der Waals surface area contributed by atoms with Gasteiger partial charge in [0.15, 0.2) is 25.0 Å². The van der Waals surface area contributed by atoms with Crippen molar-refractivity contribution in [3.8, 4) is 0 Å². The van der Waals surface area contributed by atoms with Gasteiger partial charge in [-0.3, -0.25) is 0 Å². The van der Waals surface area contributed by atoms with Gasteiger partial charge in [0.1, 0.15) is 61.0 Å². The molecule has 3 aliphatic heterocycles. The number of hydrogen-bond acceptors (Lipinski definition) is 15. The first-order valence-corrected chi connectivity index (χ1v) is 10.4. The van der Waals surface area contributed by atoms with Crippen LogP contribution in [0.5, 0.6) is 0 Å². The van der Waals surface area contributed by atoms with E-state index in [1.54, 1.807) is 0 Å². The fourth-order valence-corrected chi connectivity index (χ4v) is 3.91. The first kappa shape index (κ1) is 27.5. The number of carboxylic acid groups (broad SMARTS) is 1. The first-order chi connectivity index (χ1) is 15.8. The van der Waals surface area contributed by atoms with E-state index in [4.69, 9.17) is 28.8 Å². The molecule has 0 aromatic rings. The van der Waals surface area contributed by atoms with Crippen molar-refractivity contribution in [3.05, 3.63) is 0 Å². The lowest BCUT2D eigenvalue weighted by Gasteiger charge is -2.45. The predicted molar refractivity (Wildman–Crippen MR) is 100 cm³/mol. The van der Waals surface area contributed by atoms with Crippen molar-refractivity contribution < 1.29 is 79.5 Å². The number of carboxylic acids is 1. The van der Waals surface area contributed by atoms with Crippen LogP contribution in [-0.4, -0.2) is 156 Å². The second-order valence-corrected chi connectivity index (χ2v) is 8.40. The van der Waals surface area contributed by atoms with Gasteiger partial charge in [-0.2, -0.15) is 0 Å². The van der Waals surface area contributed by atoms with Gasteiger partial charge in [0.25, 0.3) is 0 Å². The van der Waals surface area contributed by atoms with Crippen molar-refractivity contribution >= 4 is 5.97 Å². The molecule has 16 heteroatoms. The maximum absolute atomic E-state index is 11.2. The van der Waals surface area contributed by atoms with Crippen LogP contribution in [0, 0.1) is 0 Å². The van der Waals surface area contributed by atoms with E-state index in [9.17, 15) is 50.8 Å². The fraction of sp³-hybridized carbons (Fsp3) is 0.944. The molecule has 16 nitrogen and oxygen atoms in total. The van der Waals surface area contributed by atoms with Crippen molar-refractivity contribution in [1.29, 1.82) is 0 Å². The van der Waals surface area contributed by atoms with Crippen molar-refractivity contribution in [1.82, 2.24) is 0 Å². The second kappa shape index (κ2) is 10.9. The van der Waals surface area contributed by atoms with E-state index >= 15 is 0 Å². The third-order valence-electron chi connectivity index (χ3n) is 5.99. The van der Waals surface area contributed by atoms with Crippen LogP contribution in [0.15, 0.2) is 0 Å². The van der Waals surface area contributed by atoms with Gasteiger partial charge in [0, 0.05) is 0 Å². The number of aliphatic hydroxyl groups excluding tert-OH is 9. The highest BCUT2D eigenvalue weighted by molar-refractivity contribution is 5.73. The Labute approximate surface area is 192 Å². The van der Waals surface area contributed by atoms with E-state index in [1.807, 2.05) is 0 Å². The molecule has 3 aliphatic rings. The number of hydrogen-bond donors (Lipinski definition) is 10. The number of aliphatic carboxylic acids is 1. The molecule has 198 valence electrons. The lowest BCUT2D eigenvalue weighted by Crippen LogP contribution is -2.64. The molecule has 34 heavy (non-hydrogen) atoms. The van der Waals surface area contributed by atoms with Crippen LogP contribution in [-0.2, 0) is 28.5 Å². The average molecular weight is 502 g/mol. The number of carbonyl (C=O) groups is 1. The average Bonchev–Trinajstić information content (AvgIpc) is 2.79. The summed E-state index contributed by atoms with van der Waals surface area (Å²) in [4.78, 5) is 11.2. The Morgan fingerprint density at radius 2 is 1.29 bits per heavy atom. The Morgan fingerprint density at radius 1 is 0.706 bits per heavy atom. The van der Waals surface area contributed by atoms with Crippen LogP contribution in [0.4, 0.5) is 0 Å². The van der Waals surface area contributed by atoms with Crippen molar-refractivity contribution in [2.45, 2.75) is 99.0 Å². The highest BCUT2D eigenvalue weighted by Gasteiger charge is 2.52. The van der Waals surface area contributed by atoms with Gasteiger partial charge in [-0.25, -0.2) is 4.79 Å². The third-order valence-corrected chi connectivity index (χ3v) is 5.99. The van der Waals surface area contributed by atoms with E-state index in [0.717, 1.165) is 0 Å². The van der Waals surface area contributed by atoms with Crippen LogP contribution < -0.4 is 0 Å². The first-order valence-electron chi connectivity index (χ1n) is 10.4. The van der Waals surface area contributed by atoms with E-state index < -0.39 is 105 Å². The molecule has 3 fully saturated rings. The summed E-state index contributed by atoms with van der Waals surface area (Å²) in [5.74, 6) is -1.64. The van der Waals surface area contributed by atoms with E-state index in [2.05, 4.69) is 0 Å². The Balaban J connectivity index is 1.61. The topological polar surface area (TPSA) is 266 Å². The maximum atomic E-state index is 11.2. The molecule has 0 aliphatic carbocycles. The summed E-state index contributed by atoms with van der Waals surface area (Å²) in [5, 5.41) is 98.5. The van der Waals surface area contributed by atoms with Gasteiger partial charge < -0.3 is 74.7 Å². The van der Waals surface area contributed by atoms with E-state index in [-0.39, 0.29) is 0 Å². The Hall–Kier alpha value is -1.09. The molecule has 15 atom stereocenters. The summed E-state index contributed by atoms with van der Waals surface area (Å²) in [6.07, 6.45) is -25.3. The SMILES string of the molecule is CC1OC(OCC2OC(O)C(O)C(O)C2O)C(O)C(O)C1OC1OC(C(=O)O)C(O)C(O)C1O. The van der Waals surface area contributed by atoms with Gasteiger partial charge in [-0.1, -0.05) is 0 Å². The molecule has 0 amide bonds. The third kappa shape index (κ3) is 5.35. The zero-order chi connectivity index (χ0) is 25.5. The molecule has 0 aromatic heterocycles. The predicted octanol–water partition coefficient (Wildman–Crippen LogP) is -6.45. The quantitative estimate of drug-likeness (QED) is 0.162. The highest BCUT2D eigenvalue weighted by Crippen LogP contribution is 2.30. The molecular formula is C18H30O16.